The van der Waals surface area contributed by atoms with Gasteiger partial charge in [0.1, 0.15) is 0 Å². The third-order valence-electron chi connectivity index (χ3n) is 6.65. The smallest absolute Gasteiger partial charge is 0.258 e. The van der Waals surface area contributed by atoms with Crippen molar-refractivity contribution in [1.82, 2.24) is 14.8 Å². The van der Waals surface area contributed by atoms with Crippen LogP contribution in [0.25, 0.3) is 5.57 Å². The highest BCUT2D eigenvalue weighted by atomic mass is 16.3. The van der Waals surface area contributed by atoms with E-state index < -0.39 is 17.9 Å². The molecule has 29 heavy (non-hydrogen) atoms. The number of hydrogen-bond acceptors (Lipinski definition) is 4. The molecule has 2 aliphatic heterocycles. The highest BCUT2D eigenvalue weighted by Gasteiger charge is 2.56. The summed E-state index contributed by atoms with van der Waals surface area (Å²) in [6.45, 7) is 4.13. The molecular formula is C22H29N3O4. The zero-order valence-corrected chi connectivity index (χ0v) is 17.1. The van der Waals surface area contributed by atoms with Crippen molar-refractivity contribution < 1.29 is 14.7 Å². The predicted molar refractivity (Wildman–Crippen MR) is 109 cm³/mol. The van der Waals surface area contributed by atoms with Crippen molar-refractivity contribution in [2.24, 2.45) is 11.8 Å². The summed E-state index contributed by atoms with van der Waals surface area (Å²) in [5.41, 5.74) is 2.44. The maximum Gasteiger partial charge on any atom is 0.258 e. The quantitative estimate of drug-likeness (QED) is 0.784. The van der Waals surface area contributed by atoms with Gasteiger partial charge in [0.2, 0.25) is 11.8 Å². The predicted octanol–water partition coefficient (Wildman–Crippen LogP) is 1.45. The van der Waals surface area contributed by atoms with Gasteiger partial charge in [-0.2, -0.15) is 0 Å². The Morgan fingerprint density at radius 3 is 2.72 bits per heavy atom. The van der Waals surface area contributed by atoms with Crippen molar-refractivity contribution in [2.75, 3.05) is 13.2 Å². The number of amides is 2. The minimum Gasteiger partial charge on any atom is -0.396 e. The Labute approximate surface area is 170 Å². The van der Waals surface area contributed by atoms with E-state index in [4.69, 9.17) is 0 Å². The van der Waals surface area contributed by atoms with Crippen LogP contribution in [-0.4, -0.2) is 45.6 Å². The highest BCUT2D eigenvalue weighted by molar-refractivity contribution is 5.83. The fourth-order valence-electron chi connectivity index (χ4n) is 5.36. The van der Waals surface area contributed by atoms with Gasteiger partial charge in [-0.25, -0.2) is 0 Å². The lowest BCUT2D eigenvalue weighted by Crippen LogP contribution is -2.48. The van der Waals surface area contributed by atoms with E-state index in [2.05, 4.69) is 11.4 Å². The number of rotatable bonds is 5. The molecule has 156 valence electrons. The SMILES string of the molecule is CCCNC(=O)[C@H]1[C@H](CO)[C@H]2Cn3c(ccc(C4=CCCC4)c3=O)[C@@H]1N2C(C)=O. The van der Waals surface area contributed by atoms with Crippen LogP contribution >= 0.6 is 0 Å². The van der Waals surface area contributed by atoms with Gasteiger partial charge in [0.15, 0.2) is 0 Å². The molecule has 0 saturated carbocycles. The highest BCUT2D eigenvalue weighted by Crippen LogP contribution is 2.48. The Bertz CT molecular complexity index is 919. The lowest BCUT2D eigenvalue weighted by molar-refractivity contribution is -0.134. The number of nitrogens with zero attached hydrogens (tertiary/aromatic N) is 2. The molecule has 7 nitrogen and oxygen atoms in total. The number of aliphatic hydroxyl groups is 1. The second-order valence-corrected chi connectivity index (χ2v) is 8.31. The molecule has 1 aliphatic carbocycles. The molecule has 0 radical (unpaired) electrons. The van der Waals surface area contributed by atoms with Crippen LogP contribution in [0.3, 0.4) is 0 Å². The van der Waals surface area contributed by atoms with Crippen molar-refractivity contribution in [3.8, 4) is 0 Å². The summed E-state index contributed by atoms with van der Waals surface area (Å²) < 4.78 is 1.74. The van der Waals surface area contributed by atoms with Crippen molar-refractivity contribution in [3.05, 3.63) is 39.8 Å². The molecular weight excluding hydrogens is 370 g/mol. The summed E-state index contributed by atoms with van der Waals surface area (Å²) in [5, 5.41) is 13.0. The standard InChI is InChI=1S/C22H29N3O4/c1-3-10-23-21(28)19-16(12-26)18-11-24-17(20(19)25(18)13(2)27)9-8-15(22(24)29)14-6-4-5-7-14/h6,8-9,16,18-20,26H,3-5,7,10-12H2,1-2H3,(H,23,28)/t16-,18-,19+,20+/m1/s1. The number of aliphatic hydroxyl groups excluding tert-OH is 1. The van der Waals surface area contributed by atoms with Gasteiger partial charge < -0.3 is 19.9 Å². The van der Waals surface area contributed by atoms with E-state index in [-0.39, 0.29) is 30.0 Å². The van der Waals surface area contributed by atoms with Crippen LogP contribution in [0.2, 0.25) is 0 Å². The topological polar surface area (TPSA) is 91.6 Å². The van der Waals surface area contributed by atoms with Crippen LogP contribution in [-0.2, 0) is 16.1 Å². The first-order valence-corrected chi connectivity index (χ1v) is 10.6. The molecule has 1 aromatic heterocycles. The van der Waals surface area contributed by atoms with E-state index in [1.165, 1.54) is 6.92 Å². The number of aromatic nitrogens is 1. The Balaban J connectivity index is 1.82. The monoisotopic (exact) mass is 399 g/mol. The van der Waals surface area contributed by atoms with Gasteiger partial charge in [0.25, 0.3) is 5.56 Å². The fourth-order valence-corrected chi connectivity index (χ4v) is 5.36. The van der Waals surface area contributed by atoms with E-state index in [1.54, 1.807) is 9.47 Å². The van der Waals surface area contributed by atoms with Crippen LogP contribution in [0.1, 0.15) is 56.8 Å². The molecule has 3 heterocycles. The van der Waals surface area contributed by atoms with Crippen LogP contribution in [0.5, 0.6) is 0 Å². The van der Waals surface area contributed by atoms with Gasteiger partial charge >= 0.3 is 0 Å². The summed E-state index contributed by atoms with van der Waals surface area (Å²) in [4.78, 5) is 40.5. The number of allylic oxidation sites excluding steroid dienone is 2. The molecule has 2 N–H and O–H groups in total. The Morgan fingerprint density at radius 1 is 1.31 bits per heavy atom. The van der Waals surface area contributed by atoms with Gasteiger partial charge in [-0.3, -0.25) is 14.4 Å². The number of carbonyl (C=O) groups is 2. The third kappa shape index (κ3) is 3.12. The zero-order valence-electron chi connectivity index (χ0n) is 17.1. The Morgan fingerprint density at radius 2 is 2.10 bits per heavy atom. The summed E-state index contributed by atoms with van der Waals surface area (Å²) in [7, 11) is 0. The molecule has 0 aromatic carbocycles. The van der Waals surface area contributed by atoms with Gasteiger partial charge in [-0.15, -0.1) is 0 Å². The van der Waals surface area contributed by atoms with Crippen molar-refractivity contribution in [1.29, 1.82) is 0 Å². The fraction of sp³-hybridized carbons (Fsp3) is 0.591. The Kier molecular flexibility index (Phi) is 5.34. The van der Waals surface area contributed by atoms with Gasteiger partial charge in [-0.1, -0.05) is 13.0 Å². The molecule has 1 aromatic rings. The molecule has 0 spiro atoms. The molecule has 4 atom stereocenters. The number of hydrogen-bond donors (Lipinski definition) is 2. The molecule has 2 bridgehead atoms. The lowest BCUT2D eigenvalue weighted by atomic mass is 9.86. The third-order valence-corrected chi connectivity index (χ3v) is 6.65. The second-order valence-electron chi connectivity index (χ2n) is 8.31. The first-order valence-electron chi connectivity index (χ1n) is 10.6. The Hall–Kier alpha value is -2.41. The zero-order chi connectivity index (χ0) is 20.7. The van der Waals surface area contributed by atoms with Gasteiger partial charge in [-0.05, 0) is 43.4 Å². The van der Waals surface area contributed by atoms with Crippen LogP contribution in [0.15, 0.2) is 23.0 Å². The summed E-state index contributed by atoms with van der Waals surface area (Å²) in [6, 6.07) is 2.85. The van der Waals surface area contributed by atoms with Crippen LogP contribution in [0.4, 0.5) is 0 Å². The molecule has 2 amide bonds. The van der Waals surface area contributed by atoms with Crippen molar-refractivity contribution in [2.45, 2.75) is 58.2 Å². The molecule has 7 heteroatoms. The molecule has 4 rings (SSSR count). The molecule has 3 aliphatic rings. The van der Waals surface area contributed by atoms with E-state index >= 15 is 0 Å². The minimum absolute atomic E-state index is 0.0554. The summed E-state index contributed by atoms with van der Waals surface area (Å²) >= 11 is 0. The first-order chi connectivity index (χ1) is 14.0. The van der Waals surface area contributed by atoms with E-state index in [1.807, 2.05) is 19.1 Å². The summed E-state index contributed by atoms with van der Waals surface area (Å²) in [5.74, 6) is -1.25. The average Bonchev–Trinajstić information content (AvgIpc) is 3.31. The van der Waals surface area contributed by atoms with E-state index in [9.17, 15) is 19.5 Å². The second kappa shape index (κ2) is 7.78. The average molecular weight is 399 g/mol. The number of fused-ring (bicyclic) bond motifs is 4. The number of nitrogens with one attached hydrogen (secondary N) is 1. The van der Waals surface area contributed by atoms with Crippen molar-refractivity contribution >= 4 is 17.4 Å². The number of carbonyl (C=O) groups excluding carboxylic acids is 2. The lowest BCUT2D eigenvalue weighted by Gasteiger charge is -2.37. The van der Waals surface area contributed by atoms with E-state index in [0.717, 1.165) is 36.8 Å². The summed E-state index contributed by atoms with van der Waals surface area (Å²) in [6.07, 6.45) is 5.89. The van der Waals surface area contributed by atoms with Crippen molar-refractivity contribution in [3.63, 3.8) is 0 Å². The van der Waals surface area contributed by atoms with Gasteiger partial charge in [0.05, 0.1) is 18.0 Å². The van der Waals surface area contributed by atoms with Gasteiger partial charge in [0, 0.05) is 43.8 Å². The first kappa shape index (κ1) is 19.9. The molecule has 0 unspecified atom stereocenters. The minimum atomic E-state index is -0.565. The maximum atomic E-state index is 13.3. The normalized spacial score (nSPS) is 27.6. The van der Waals surface area contributed by atoms with Crippen LogP contribution in [0, 0.1) is 11.8 Å². The molecule has 1 fully saturated rings. The molecule has 1 saturated heterocycles. The van der Waals surface area contributed by atoms with Crippen LogP contribution < -0.4 is 10.9 Å². The largest absolute Gasteiger partial charge is 0.396 e. The number of pyridine rings is 1. The van der Waals surface area contributed by atoms with E-state index in [0.29, 0.717) is 18.8 Å². The maximum absolute atomic E-state index is 13.3.